The molecule has 0 bridgehead atoms. The molecule has 7 heteroatoms. The van der Waals surface area contributed by atoms with E-state index in [9.17, 15) is 4.79 Å². The van der Waals surface area contributed by atoms with Crippen molar-refractivity contribution in [1.82, 2.24) is 15.3 Å². The van der Waals surface area contributed by atoms with Crippen LogP contribution >= 0.6 is 15.9 Å². The normalized spacial score (nSPS) is 12.3. The molecule has 2 rings (SSSR count). The van der Waals surface area contributed by atoms with Crippen LogP contribution in [0.2, 0.25) is 0 Å². The number of carbonyl (C=O) groups is 1. The summed E-state index contributed by atoms with van der Waals surface area (Å²) >= 11 is 3.37. The molecule has 1 amide bonds. The standard InChI is InChI=1S/C18H21BrN4O2/c1-2-16(17(20)9-10-23-12-15(19)11-21-23)14-6-3-13(4-7-14)5-8-18(24)22-25/h3-8,11-12,16,20,25H,2,9-10H2,1H3,(H,22,24)/b8-5+,20-17?/t16-/m0/s1. The van der Waals surface area contributed by atoms with Gasteiger partial charge in [-0.15, -0.1) is 0 Å². The van der Waals surface area contributed by atoms with Gasteiger partial charge in [0.25, 0.3) is 5.91 Å². The van der Waals surface area contributed by atoms with Crippen LogP contribution in [0.15, 0.2) is 47.2 Å². The molecule has 25 heavy (non-hydrogen) atoms. The Labute approximate surface area is 155 Å². The Bertz CT molecular complexity index is 753. The third-order valence-electron chi connectivity index (χ3n) is 3.92. The molecule has 0 saturated heterocycles. The third kappa shape index (κ3) is 5.65. The summed E-state index contributed by atoms with van der Waals surface area (Å²) in [5.41, 5.74) is 4.17. The van der Waals surface area contributed by atoms with Gasteiger partial charge in [-0.25, -0.2) is 5.48 Å². The maximum Gasteiger partial charge on any atom is 0.267 e. The van der Waals surface area contributed by atoms with Crippen molar-refractivity contribution in [3.63, 3.8) is 0 Å². The predicted octanol–water partition coefficient (Wildman–Crippen LogP) is 3.77. The van der Waals surface area contributed by atoms with E-state index >= 15 is 0 Å². The second kappa shape index (κ2) is 9.29. The molecule has 0 radical (unpaired) electrons. The molecule has 1 heterocycles. The van der Waals surface area contributed by atoms with Crippen LogP contribution in [0.5, 0.6) is 0 Å². The molecule has 3 N–H and O–H groups in total. The second-order valence-corrected chi connectivity index (χ2v) is 6.55. The zero-order valence-electron chi connectivity index (χ0n) is 13.9. The molecule has 1 aromatic heterocycles. The lowest BCUT2D eigenvalue weighted by Gasteiger charge is -2.17. The molecule has 0 unspecified atom stereocenters. The summed E-state index contributed by atoms with van der Waals surface area (Å²) < 4.78 is 2.76. The van der Waals surface area contributed by atoms with Crippen LogP contribution in [-0.4, -0.2) is 26.6 Å². The molecular weight excluding hydrogens is 384 g/mol. The molecule has 0 aliphatic rings. The quantitative estimate of drug-likeness (QED) is 0.270. The SMILES string of the molecule is CC[C@H](C(=N)CCn1cc(Br)cn1)c1ccc(/C=C/C(=O)NO)cc1. The molecule has 0 aliphatic heterocycles. The number of rotatable bonds is 8. The van der Waals surface area contributed by atoms with Gasteiger partial charge in [-0.2, -0.15) is 5.10 Å². The molecule has 132 valence electrons. The first-order chi connectivity index (χ1) is 12.0. The number of hydrogen-bond acceptors (Lipinski definition) is 4. The lowest BCUT2D eigenvalue weighted by atomic mass is 9.89. The molecule has 0 spiro atoms. The number of halogens is 1. The fourth-order valence-corrected chi connectivity index (χ4v) is 2.93. The summed E-state index contributed by atoms with van der Waals surface area (Å²) in [6.07, 6.45) is 8.02. The lowest BCUT2D eigenvalue weighted by Crippen LogP contribution is -2.15. The average Bonchev–Trinajstić information content (AvgIpc) is 3.05. The fourth-order valence-electron chi connectivity index (χ4n) is 2.60. The number of aryl methyl sites for hydroxylation is 1. The highest BCUT2D eigenvalue weighted by Crippen LogP contribution is 2.23. The molecule has 6 nitrogen and oxygen atoms in total. The van der Waals surface area contributed by atoms with Gasteiger partial charge in [-0.05, 0) is 39.6 Å². The van der Waals surface area contributed by atoms with Crippen molar-refractivity contribution in [2.75, 3.05) is 0 Å². The number of carbonyl (C=O) groups excluding carboxylic acids is 1. The highest BCUT2D eigenvalue weighted by molar-refractivity contribution is 9.10. The van der Waals surface area contributed by atoms with Crippen molar-refractivity contribution < 1.29 is 10.0 Å². The lowest BCUT2D eigenvalue weighted by molar-refractivity contribution is -0.124. The van der Waals surface area contributed by atoms with Crippen molar-refractivity contribution >= 4 is 33.6 Å². The number of nitrogens with zero attached hydrogens (tertiary/aromatic N) is 2. The Hall–Kier alpha value is -2.25. The van der Waals surface area contributed by atoms with Crippen molar-refractivity contribution in [1.29, 1.82) is 5.41 Å². The summed E-state index contributed by atoms with van der Waals surface area (Å²) in [6, 6.07) is 7.75. The Morgan fingerprint density at radius 1 is 1.44 bits per heavy atom. The topological polar surface area (TPSA) is 91.0 Å². The van der Waals surface area contributed by atoms with Crippen LogP contribution in [0.4, 0.5) is 0 Å². The minimum absolute atomic E-state index is 0.0674. The van der Waals surface area contributed by atoms with E-state index in [1.165, 1.54) is 6.08 Å². The van der Waals surface area contributed by atoms with Crippen LogP contribution in [0, 0.1) is 5.41 Å². The van der Waals surface area contributed by atoms with Gasteiger partial charge in [0.2, 0.25) is 0 Å². The first-order valence-corrected chi connectivity index (χ1v) is 8.80. The smallest absolute Gasteiger partial charge is 0.267 e. The van der Waals surface area contributed by atoms with Gasteiger partial charge in [0.15, 0.2) is 0 Å². The maximum absolute atomic E-state index is 11.0. The van der Waals surface area contributed by atoms with Crippen LogP contribution < -0.4 is 5.48 Å². The number of nitrogens with one attached hydrogen (secondary N) is 2. The minimum Gasteiger partial charge on any atom is -0.309 e. The summed E-state index contributed by atoms with van der Waals surface area (Å²) in [5, 5.41) is 21.1. The molecule has 2 aromatic rings. The third-order valence-corrected chi connectivity index (χ3v) is 4.33. The zero-order valence-corrected chi connectivity index (χ0v) is 15.5. The van der Waals surface area contributed by atoms with Gasteiger partial charge in [-0.3, -0.25) is 14.7 Å². The van der Waals surface area contributed by atoms with E-state index in [-0.39, 0.29) is 5.92 Å². The van der Waals surface area contributed by atoms with Crippen molar-refractivity contribution in [2.24, 2.45) is 0 Å². The highest BCUT2D eigenvalue weighted by Gasteiger charge is 2.15. The van der Waals surface area contributed by atoms with Crippen molar-refractivity contribution in [2.45, 2.75) is 32.2 Å². The minimum atomic E-state index is -0.567. The predicted molar refractivity (Wildman–Crippen MR) is 101 cm³/mol. The first-order valence-electron chi connectivity index (χ1n) is 8.00. The Kier molecular flexibility index (Phi) is 7.09. The van der Waals surface area contributed by atoms with E-state index in [1.54, 1.807) is 17.8 Å². The monoisotopic (exact) mass is 404 g/mol. The number of benzene rings is 1. The van der Waals surface area contributed by atoms with E-state index in [0.717, 1.165) is 22.0 Å². The Morgan fingerprint density at radius 3 is 2.72 bits per heavy atom. The van der Waals surface area contributed by atoms with Gasteiger partial charge in [0.05, 0.1) is 10.7 Å². The van der Waals surface area contributed by atoms with Crippen LogP contribution in [0.1, 0.15) is 36.8 Å². The summed E-state index contributed by atoms with van der Waals surface area (Å²) in [6.45, 7) is 2.75. The Morgan fingerprint density at radius 2 is 2.16 bits per heavy atom. The zero-order chi connectivity index (χ0) is 18.2. The summed E-state index contributed by atoms with van der Waals surface area (Å²) in [7, 11) is 0. The van der Waals surface area contributed by atoms with Gasteiger partial charge in [-0.1, -0.05) is 31.2 Å². The molecule has 0 saturated carbocycles. The average molecular weight is 405 g/mol. The molecule has 1 aromatic carbocycles. The van der Waals surface area contributed by atoms with Gasteiger partial charge in [0.1, 0.15) is 0 Å². The van der Waals surface area contributed by atoms with Gasteiger partial charge in [0, 0.05) is 36.9 Å². The van der Waals surface area contributed by atoms with Crippen LogP contribution in [-0.2, 0) is 11.3 Å². The van der Waals surface area contributed by atoms with E-state index in [4.69, 9.17) is 10.6 Å². The molecule has 0 fully saturated rings. The number of hydroxylamine groups is 1. The molecule has 1 atom stereocenters. The second-order valence-electron chi connectivity index (χ2n) is 5.63. The van der Waals surface area contributed by atoms with Gasteiger partial charge >= 0.3 is 0 Å². The molecular formula is C18H21BrN4O2. The largest absolute Gasteiger partial charge is 0.309 e. The van der Waals surface area contributed by atoms with E-state index in [2.05, 4.69) is 28.0 Å². The number of hydrogen-bond donors (Lipinski definition) is 3. The fraction of sp³-hybridized carbons (Fsp3) is 0.278. The summed E-state index contributed by atoms with van der Waals surface area (Å²) in [5.74, 6) is -0.500. The van der Waals surface area contributed by atoms with Crippen molar-refractivity contribution in [3.8, 4) is 0 Å². The number of aromatic nitrogens is 2. The van der Waals surface area contributed by atoms with Gasteiger partial charge < -0.3 is 5.41 Å². The van der Waals surface area contributed by atoms with Crippen LogP contribution in [0.3, 0.4) is 0 Å². The Balaban J connectivity index is 2.00. The van der Waals surface area contributed by atoms with E-state index in [0.29, 0.717) is 18.7 Å². The molecule has 0 aliphatic carbocycles. The van der Waals surface area contributed by atoms with Crippen LogP contribution in [0.25, 0.3) is 6.08 Å². The first kappa shape index (κ1) is 19.1. The summed E-state index contributed by atoms with van der Waals surface area (Å²) in [4.78, 5) is 11.0. The van der Waals surface area contributed by atoms with E-state index in [1.807, 2.05) is 35.1 Å². The highest BCUT2D eigenvalue weighted by atomic mass is 79.9. The van der Waals surface area contributed by atoms with Crippen molar-refractivity contribution in [3.05, 3.63) is 58.3 Å². The number of amides is 1. The maximum atomic E-state index is 11.0. The van der Waals surface area contributed by atoms with E-state index < -0.39 is 5.91 Å².